The highest BCUT2D eigenvalue weighted by molar-refractivity contribution is 5.66. The molecule has 1 fully saturated rings. The number of hydrogen-bond acceptors (Lipinski definition) is 4. The summed E-state index contributed by atoms with van der Waals surface area (Å²) >= 11 is 0. The van der Waals surface area contributed by atoms with Crippen LogP contribution in [0.4, 0.5) is 0 Å². The minimum Gasteiger partial charge on any atom is -0.436 e. The molecule has 98 valence electrons. The molecule has 2 rings (SSSR count). The lowest BCUT2D eigenvalue weighted by atomic mass is 10.1. The van der Waals surface area contributed by atoms with E-state index < -0.39 is 6.29 Å². The molecule has 1 saturated heterocycles. The highest BCUT2D eigenvalue weighted by Crippen LogP contribution is 2.18. The van der Waals surface area contributed by atoms with Crippen molar-refractivity contribution in [3.05, 3.63) is 35.9 Å². The van der Waals surface area contributed by atoms with Gasteiger partial charge in [-0.15, -0.1) is 0 Å². The minimum absolute atomic E-state index is 0.0806. The lowest BCUT2D eigenvalue weighted by Gasteiger charge is -2.28. The summed E-state index contributed by atoms with van der Waals surface area (Å²) < 4.78 is 16.2. The molecule has 1 heterocycles. The van der Waals surface area contributed by atoms with E-state index in [-0.39, 0.29) is 12.1 Å². The molecule has 1 aromatic rings. The van der Waals surface area contributed by atoms with Gasteiger partial charge in [0.25, 0.3) is 0 Å². The van der Waals surface area contributed by atoms with Crippen LogP contribution in [0.25, 0.3) is 0 Å². The fourth-order valence-electron chi connectivity index (χ4n) is 1.90. The molecule has 0 aromatic heterocycles. The van der Waals surface area contributed by atoms with Crippen molar-refractivity contribution in [1.29, 1.82) is 0 Å². The zero-order valence-electron chi connectivity index (χ0n) is 10.5. The van der Waals surface area contributed by atoms with E-state index in [0.29, 0.717) is 19.6 Å². The van der Waals surface area contributed by atoms with Gasteiger partial charge in [0.05, 0.1) is 19.3 Å². The summed E-state index contributed by atoms with van der Waals surface area (Å²) in [5.41, 5.74) is 1.15. The van der Waals surface area contributed by atoms with Crippen LogP contribution in [0.15, 0.2) is 30.3 Å². The standard InChI is InChI=1S/C14H18O4/c1-11(15)18-14-8-7-13(10-17-14)16-9-12-5-3-2-4-6-12/h2-6,13-14H,7-10H2,1H3/t13-,14+/m1/s1. The maximum absolute atomic E-state index is 10.8. The van der Waals surface area contributed by atoms with E-state index in [4.69, 9.17) is 14.2 Å². The minimum atomic E-state index is -0.404. The van der Waals surface area contributed by atoms with Crippen LogP contribution < -0.4 is 0 Å². The van der Waals surface area contributed by atoms with Gasteiger partial charge in [-0.2, -0.15) is 0 Å². The average molecular weight is 250 g/mol. The molecule has 0 unspecified atom stereocenters. The topological polar surface area (TPSA) is 44.8 Å². The van der Waals surface area contributed by atoms with Crippen LogP contribution in [0.2, 0.25) is 0 Å². The van der Waals surface area contributed by atoms with Crippen LogP contribution in [-0.2, 0) is 25.6 Å². The Hall–Kier alpha value is -1.39. The van der Waals surface area contributed by atoms with Crippen molar-refractivity contribution in [2.24, 2.45) is 0 Å². The summed E-state index contributed by atoms with van der Waals surface area (Å²) in [5, 5.41) is 0. The molecule has 0 spiro atoms. The van der Waals surface area contributed by atoms with Crippen LogP contribution in [0.3, 0.4) is 0 Å². The number of carbonyl (C=O) groups is 1. The van der Waals surface area contributed by atoms with Crippen LogP contribution in [0.1, 0.15) is 25.3 Å². The van der Waals surface area contributed by atoms with Gasteiger partial charge in [-0.3, -0.25) is 4.79 Å². The Balaban J connectivity index is 1.69. The summed E-state index contributed by atoms with van der Waals surface area (Å²) in [6.07, 6.45) is 1.22. The molecule has 1 aliphatic rings. The van der Waals surface area contributed by atoms with Gasteiger partial charge in [0.15, 0.2) is 0 Å². The lowest BCUT2D eigenvalue weighted by Crippen LogP contribution is -2.33. The second-order valence-electron chi connectivity index (χ2n) is 4.37. The molecule has 0 amide bonds. The molecule has 1 aliphatic heterocycles. The molecule has 0 saturated carbocycles. The molecule has 0 aliphatic carbocycles. The third-order valence-corrected chi connectivity index (χ3v) is 2.82. The number of hydrogen-bond donors (Lipinski definition) is 0. The molecule has 1 aromatic carbocycles. The van der Waals surface area contributed by atoms with E-state index in [1.807, 2.05) is 30.3 Å². The second kappa shape index (κ2) is 6.52. The van der Waals surface area contributed by atoms with E-state index in [1.165, 1.54) is 6.92 Å². The first-order valence-electron chi connectivity index (χ1n) is 6.18. The van der Waals surface area contributed by atoms with E-state index in [1.54, 1.807) is 0 Å². The molecule has 0 bridgehead atoms. The average Bonchev–Trinajstić information content (AvgIpc) is 2.38. The summed E-state index contributed by atoms with van der Waals surface area (Å²) in [4.78, 5) is 10.8. The maximum Gasteiger partial charge on any atom is 0.304 e. The van der Waals surface area contributed by atoms with Crippen molar-refractivity contribution in [3.8, 4) is 0 Å². The van der Waals surface area contributed by atoms with Gasteiger partial charge in [-0.25, -0.2) is 0 Å². The van der Waals surface area contributed by atoms with Crippen molar-refractivity contribution < 1.29 is 19.0 Å². The number of esters is 1. The first-order chi connectivity index (χ1) is 8.74. The smallest absolute Gasteiger partial charge is 0.304 e. The maximum atomic E-state index is 10.8. The van der Waals surface area contributed by atoms with Crippen LogP contribution in [0.5, 0.6) is 0 Å². The first kappa shape index (κ1) is 13.1. The van der Waals surface area contributed by atoms with Gasteiger partial charge in [0, 0.05) is 13.3 Å². The fourth-order valence-corrected chi connectivity index (χ4v) is 1.90. The van der Waals surface area contributed by atoms with Crippen molar-refractivity contribution in [1.82, 2.24) is 0 Å². The quantitative estimate of drug-likeness (QED) is 0.769. The number of ether oxygens (including phenoxy) is 3. The SMILES string of the molecule is CC(=O)O[C@H]1CC[C@@H](OCc2ccccc2)CO1. The van der Waals surface area contributed by atoms with Crippen LogP contribution >= 0.6 is 0 Å². The second-order valence-corrected chi connectivity index (χ2v) is 4.37. The van der Waals surface area contributed by atoms with Crippen molar-refractivity contribution in [2.45, 2.75) is 38.8 Å². The van der Waals surface area contributed by atoms with Gasteiger partial charge in [0.1, 0.15) is 0 Å². The molecular weight excluding hydrogens is 232 g/mol. The van der Waals surface area contributed by atoms with Crippen molar-refractivity contribution >= 4 is 5.97 Å². The van der Waals surface area contributed by atoms with Gasteiger partial charge >= 0.3 is 5.97 Å². The molecule has 4 heteroatoms. The summed E-state index contributed by atoms with van der Waals surface area (Å²) in [7, 11) is 0. The van der Waals surface area contributed by atoms with Gasteiger partial charge in [-0.1, -0.05) is 30.3 Å². The highest BCUT2D eigenvalue weighted by atomic mass is 16.7. The highest BCUT2D eigenvalue weighted by Gasteiger charge is 2.23. The zero-order chi connectivity index (χ0) is 12.8. The number of benzene rings is 1. The van der Waals surface area contributed by atoms with Crippen molar-refractivity contribution in [2.75, 3.05) is 6.61 Å². The Labute approximate surface area is 107 Å². The Morgan fingerprint density at radius 3 is 2.72 bits per heavy atom. The van der Waals surface area contributed by atoms with E-state index in [2.05, 4.69) is 0 Å². The molecule has 4 nitrogen and oxygen atoms in total. The first-order valence-corrected chi connectivity index (χ1v) is 6.18. The van der Waals surface area contributed by atoms with E-state index >= 15 is 0 Å². The monoisotopic (exact) mass is 250 g/mol. The Kier molecular flexibility index (Phi) is 4.73. The van der Waals surface area contributed by atoms with Crippen LogP contribution in [0, 0.1) is 0 Å². The van der Waals surface area contributed by atoms with Crippen LogP contribution in [-0.4, -0.2) is 25.0 Å². The van der Waals surface area contributed by atoms with Gasteiger partial charge in [0.2, 0.25) is 6.29 Å². The molecular formula is C14H18O4. The summed E-state index contributed by atoms with van der Waals surface area (Å²) in [6.45, 7) is 2.46. The van der Waals surface area contributed by atoms with Gasteiger partial charge in [-0.05, 0) is 12.0 Å². The van der Waals surface area contributed by atoms with E-state index in [0.717, 1.165) is 12.0 Å². The lowest BCUT2D eigenvalue weighted by molar-refractivity contribution is -0.201. The zero-order valence-corrected chi connectivity index (χ0v) is 10.5. The van der Waals surface area contributed by atoms with E-state index in [9.17, 15) is 4.79 Å². The Bertz CT molecular complexity index is 369. The third kappa shape index (κ3) is 4.13. The number of rotatable bonds is 4. The molecule has 0 N–H and O–H groups in total. The largest absolute Gasteiger partial charge is 0.436 e. The normalized spacial score (nSPS) is 23.6. The molecule has 0 radical (unpaired) electrons. The van der Waals surface area contributed by atoms with Gasteiger partial charge < -0.3 is 14.2 Å². The predicted molar refractivity (Wildman–Crippen MR) is 65.8 cm³/mol. The summed E-state index contributed by atoms with van der Waals surface area (Å²) in [6, 6.07) is 10.0. The number of carbonyl (C=O) groups excluding carboxylic acids is 1. The predicted octanol–water partition coefficient (Wildman–Crippen LogP) is 2.27. The Morgan fingerprint density at radius 2 is 2.11 bits per heavy atom. The third-order valence-electron chi connectivity index (χ3n) is 2.82. The molecule has 2 atom stereocenters. The fraction of sp³-hybridized carbons (Fsp3) is 0.500. The molecule has 18 heavy (non-hydrogen) atoms. The van der Waals surface area contributed by atoms with Crippen molar-refractivity contribution in [3.63, 3.8) is 0 Å². The summed E-state index contributed by atoms with van der Waals surface area (Å²) in [5.74, 6) is -0.302. The Morgan fingerprint density at radius 1 is 1.33 bits per heavy atom.